The van der Waals surface area contributed by atoms with E-state index in [0.717, 1.165) is 6.42 Å². The van der Waals surface area contributed by atoms with Gasteiger partial charge in [-0.05, 0) is 50.3 Å². The third-order valence-corrected chi connectivity index (χ3v) is 2.23. The Kier molecular flexibility index (Phi) is 3.69. The zero-order valence-electron chi connectivity index (χ0n) is 8.67. The first kappa shape index (κ1) is 9.97. The highest BCUT2D eigenvalue weighted by Crippen LogP contribution is 2.24. The van der Waals surface area contributed by atoms with Crippen LogP contribution in [0, 0.1) is 0 Å². The summed E-state index contributed by atoms with van der Waals surface area (Å²) in [6.07, 6.45) is 10.7. The van der Waals surface area contributed by atoms with Crippen LogP contribution in [-0.4, -0.2) is 6.21 Å². The Hall–Kier alpha value is -1.11. The normalized spacial score (nSPS) is 18.8. The first-order valence-corrected chi connectivity index (χ1v) is 4.78. The Morgan fingerprint density at radius 1 is 1.38 bits per heavy atom. The van der Waals surface area contributed by atoms with Crippen molar-refractivity contribution in [2.24, 2.45) is 4.99 Å². The summed E-state index contributed by atoms with van der Waals surface area (Å²) in [5, 5.41) is 0. The van der Waals surface area contributed by atoms with E-state index < -0.39 is 0 Å². The molecule has 0 aromatic carbocycles. The highest BCUT2D eigenvalue weighted by atomic mass is 14.7. The van der Waals surface area contributed by atoms with Gasteiger partial charge in [0.15, 0.2) is 0 Å². The van der Waals surface area contributed by atoms with Crippen molar-refractivity contribution < 1.29 is 0 Å². The van der Waals surface area contributed by atoms with E-state index in [-0.39, 0.29) is 0 Å². The van der Waals surface area contributed by atoms with Crippen LogP contribution in [-0.2, 0) is 0 Å². The molecule has 0 radical (unpaired) electrons. The van der Waals surface area contributed by atoms with E-state index in [1.54, 1.807) is 0 Å². The second kappa shape index (κ2) is 4.80. The maximum absolute atomic E-state index is 4.13. The van der Waals surface area contributed by atoms with Crippen LogP contribution in [0.2, 0.25) is 0 Å². The van der Waals surface area contributed by atoms with Crippen molar-refractivity contribution in [2.75, 3.05) is 0 Å². The van der Waals surface area contributed by atoms with Gasteiger partial charge in [0.25, 0.3) is 0 Å². The summed E-state index contributed by atoms with van der Waals surface area (Å²) in [5.41, 5.74) is 4.00. The SMILES string of the molecule is C/C=N\C=C(/C)C1=CCCC=C1C. The molecule has 0 aromatic heterocycles. The lowest BCUT2D eigenvalue weighted by Crippen LogP contribution is -1.93. The lowest BCUT2D eigenvalue weighted by molar-refractivity contribution is 0.991. The summed E-state index contributed by atoms with van der Waals surface area (Å²) < 4.78 is 0. The van der Waals surface area contributed by atoms with E-state index >= 15 is 0 Å². The van der Waals surface area contributed by atoms with Crippen molar-refractivity contribution >= 4 is 6.21 Å². The molecule has 13 heavy (non-hydrogen) atoms. The molecule has 0 saturated heterocycles. The minimum absolute atomic E-state index is 1.16. The van der Waals surface area contributed by atoms with Crippen LogP contribution < -0.4 is 0 Å². The Bertz CT molecular complexity index is 290. The number of rotatable bonds is 2. The molecule has 1 nitrogen and oxygen atoms in total. The number of nitrogens with zero attached hydrogens (tertiary/aromatic N) is 1. The van der Waals surface area contributed by atoms with Crippen molar-refractivity contribution in [3.05, 3.63) is 35.1 Å². The van der Waals surface area contributed by atoms with Gasteiger partial charge in [0.05, 0.1) is 0 Å². The number of aliphatic imine (C=N–C) groups is 1. The standard InChI is InChI=1S/C12H17N/c1-4-13-9-11(3)12-8-6-5-7-10(12)2/h4,7-9H,5-6H2,1-3H3/b11-9+,13-4-. The van der Waals surface area contributed by atoms with Gasteiger partial charge in [0, 0.05) is 12.4 Å². The molecule has 0 heterocycles. The number of hydrogen-bond donors (Lipinski definition) is 0. The van der Waals surface area contributed by atoms with Gasteiger partial charge < -0.3 is 0 Å². The topological polar surface area (TPSA) is 12.4 Å². The van der Waals surface area contributed by atoms with Crippen LogP contribution in [0.15, 0.2) is 40.1 Å². The molecular weight excluding hydrogens is 158 g/mol. The molecule has 70 valence electrons. The van der Waals surface area contributed by atoms with Crippen LogP contribution >= 0.6 is 0 Å². The van der Waals surface area contributed by atoms with Gasteiger partial charge in [0.2, 0.25) is 0 Å². The Balaban J connectivity index is 2.82. The molecule has 0 unspecified atom stereocenters. The maximum atomic E-state index is 4.13. The van der Waals surface area contributed by atoms with E-state index in [9.17, 15) is 0 Å². The van der Waals surface area contributed by atoms with E-state index in [2.05, 4.69) is 31.0 Å². The van der Waals surface area contributed by atoms with E-state index in [0.29, 0.717) is 0 Å². The zero-order valence-corrected chi connectivity index (χ0v) is 8.67. The lowest BCUT2D eigenvalue weighted by atomic mass is 9.94. The predicted octanol–water partition coefficient (Wildman–Crippen LogP) is 3.65. The Morgan fingerprint density at radius 3 is 2.69 bits per heavy atom. The van der Waals surface area contributed by atoms with Gasteiger partial charge >= 0.3 is 0 Å². The van der Waals surface area contributed by atoms with Gasteiger partial charge in [-0.2, -0.15) is 0 Å². The van der Waals surface area contributed by atoms with E-state index in [4.69, 9.17) is 0 Å². The van der Waals surface area contributed by atoms with Crippen LogP contribution in [0.3, 0.4) is 0 Å². The Labute approximate surface area is 80.6 Å². The summed E-state index contributed by atoms with van der Waals surface area (Å²) in [5.74, 6) is 0. The maximum Gasteiger partial charge on any atom is 0.0298 e. The van der Waals surface area contributed by atoms with Gasteiger partial charge in [-0.3, -0.25) is 4.99 Å². The molecule has 0 bridgehead atoms. The minimum Gasteiger partial charge on any atom is -0.269 e. The zero-order chi connectivity index (χ0) is 9.68. The largest absolute Gasteiger partial charge is 0.269 e. The summed E-state index contributed by atoms with van der Waals surface area (Å²) >= 11 is 0. The first-order chi connectivity index (χ1) is 6.25. The molecule has 1 aliphatic rings. The fourth-order valence-corrected chi connectivity index (χ4v) is 1.53. The summed E-state index contributed by atoms with van der Waals surface area (Å²) in [4.78, 5) is 4.13. The average Bonchev–Trinajstić information content (AvgIpc) is 2.15. The van der Waals surface area contributed by atoms with Gasteiger partial charge in [-0.15, -0.1) is 0 Å². The summed E-state index contributed by atoms with van der Waals surface area (Å²) in [6, 6.07) is 0. The molecule has 0 aromatic rings. The van der Waals surface area contributed by atoms with Crippen LogP contribution in [0.5, 0.6) is 0 Å². The first-order valence-electron chi connectivity index (χ1n) is 4.78. The molecule has 0 amide bonds. The molecule has 0 saturated carbocycles. The molecule has 0 fully saturated rings. The molecule has 1 heteroatoms. The van der Waals surface area contributed by atoms with E-state index in [1.165, 1.54) is 23.1 Å². The highest BCUT2D eigenvalue weighted by molar-refractivity contribution is 5.55. The number of allylic oxidation sites excluding steroid dienone is 5. The molecule has 0 atom stereocenters. The van der Waals surface area contributed by atoms with Crippen LogP contribution in [0.4, 0.5) is 0 Å². The van der Waals surface area contributed by atoms with Crippen LogP contribution in [0.1, 0.15) is 33.6 Å². The fourth-order valence-electron chi connectivity index (χ4n) is 1.53. The van der Waals surface area contributed by atoms with Gasteiger partial charge in [-0.25, -0.2) is 0 Å². The fraction of sp³-hybridized carbons (Fsp3) is 0.417. The lowest BCUT2D eigenvalue weighted by Gasteiger charge is -2.12. The quantitative estimate of drug-likeness (QED) is 0.568. The minimum atomic E-state index is 1.16. The highest BCUT2D eigenvalue weighted by Gasteiger charge is 2.05. The van der Waals surface area contributed by atoms with Crippen molar-refractivity contribution in [3.63, 3.8) is 0 Å². The molecule has 1 rings (SSSR count). The molecule has 0 spiro atoms. The third-order valence-electron chi connectivity index (χ3n) is 2.23. The molecule has 1 aliphatic carbocycles. The smallest absolute Gasteiger partial charge is 0.0298 e. The van der Waals surface area contributed by atoms with Crippen molar-refractivity contribution in [3.8, 4) is 0 Å². The van der Waals surface area contributed by atoms with Crippen molar-refractivity contribution in [1.82, 2.24) is 0 Å². The summed E-state index contributed by atoms with van der Waals surface area (Å²) in [6.45, 7) is 6.21. The van der Waals surface area contributed by atoms with Crippen LogP contribution in [0.25, 0.3) is 0 Å². The Morgan fingerprint density at radius 2 is 2.08 bits per heavy atom. The van der Waals surface area contributed by atoms with E-state index in [1.807, 2.05) is 19.3 Å². The van der Waals surface area contributed by atoms with Gasteiger partial charge in [-0.1, -0.05) is 12.2 Å². The third kappa shape index (κ3) is 2.69. The predicted molar refractivity (Wildman–Crippen MR) is 59.0 cm³/mol. The summed E-state index contributed by atoms with van der Waals surface area (Å²) in [7, 11) is 0. The molecule has 0 N–H and O–H groups in total. The molecular formula is C12H17N. The van der Waals surface area contributed by atoms with Gasteiger partial charge in [0.1, 0.15) is 0 Å². The monoisotopic (exact) mass is 175 g/mol. The molecule has 0 aliphatic heterocycles. The second-order valence-corrected chi connectivity index (χ2v) is 3.30. The average molecular weight is 175 g/mol. The second-order valence-electron chi connectivity index (χ2n) is 3.30. The van der Waals surface area contributed by atoms with Crippen molar-refractivity contribution in [1.29, 1.82) is 0 Å². The van der Waals surface area contributed by atoms with Crippen molar-refractivity contribution in [2.45, 2.75) is 33.6 Å². The number of hydrogen-bond acceptors (Lipinski definition) is 1.